The standard InChI is InChI=1S/C23H38N2O/c1-7-10-16-25(21(26)19-14-12-11-13-15-19)20-17-22(5,8-2)24-23(6,9-3)18(20)4/h11-15,18,20,24H,7-10,16-17H2,1-6H3. The van der Waals surface area contributed by atoms with E-state index in [4.69, 9.17) is 0 Å². The van der Waals surface area contributed by atoms with E-state index in [1.807, 2.05) is 30.3 Å². The Hall–Kier alpha value is -1.35. The predicted molar refractivity (Wildman–Crippen MR) is 110 cm³/mol. The quantitative estimate of drug-likeness (QED) is 0.720. The van der Waals surface area contributed by atoms with Gasteiger partial charge in [-0.15, -0.1) is 0 Å². The number of rotatable bonds is 7. The molecule has 0 saturated carbocycles. The molecule has 1 fully saturated rings. The molecule has 2 rings (SSSR count). The van der Waals surface area contributed by atoms with Crippen molar-refractivity contribution in [2.45, 2.75) is 90.8 Å². The molecule has 0 aromatic heterocycles. The van der Waals surface area contributed by atoms with Gasteiger partial charge >= 0.3 is 0 Å². The zero-order chi connectivity index (χ0) is 19.4. The molecule has 0 spiro atoms. The predicted octanol–water partition coefficient (Wildman–Crippen LogP) is 5.26. The highest BCUT2D eigenvalue weighted by molar-refractivity contribution is 5.94. The monoisotopic (exact) mass is 358 g/mol. The molecule has 1 saturated heterocycles. The number of nitrogens with zero attached hydrogens (tertiary/aromatic N) is 1. The van der Waals surface area contributed by atoms with Crippen LogP contribution in [0.15, 0.2) is 30.3 Å². The van der Waals surface area contributed by atoms with Crippen molar-refractivity contribution >= 4 is 5.91 Å². The number of nitrogens with one attached hydrogen (secondary N) is 1. The Balaban J connectivity index is 2.39. The van der Waals surface area contributed by atoms with Gasteiger partial charge in [0.25, 0.3) is 5.91 Å². The SMILES string of the molecule is CCCCN(C(=O)c1ccccc1)C1CC(C)(CC)NC(C)(CC)C1C. The molecule has 146 valence electrons. The van der Waals surface area contributed by atoms with Crippen LogP contribution in [0.1, 0.15) is 84.0 Å². The van der Waals surface area contributed by atoms with Crippen LogP contribution < -0.4 is 5.32 Å². The van der Waals surface area contributed by atoms with Crippen molar-refractivity contribution in [1.29, 1.82) is 0 Å². The van der Waals surface area contributed by atoms with Gasteiger partial charge < -0.3 is 10.2 Å². The molecule has 1 aliphatic heterocycles. The van der Waals surface area contributed by atoms with E-state index >= 15 is 0 Å². The van der Waals surface area contributed by atoms with E-state index < -0.39 is 0 Å². The number of unbranched alkanes of at least 4 members (excludes halogenated alkanes) is 1. The highest BCUT2D eigenvalue weighted by atomic mass is 16.2. The Morgan fingerprint density at radius 1 is 1.15 bits per heavy atom. The molecule has 3 heteroatoms. The van der Waals surface area contributed by atoms with Gasteiger partial charge in [0.2, 0.25) is 0 Å². The van der Waals surface area contributed by atoms with Crippen molar-refractivity contribution in [2.24, 2.45) is 5.92 Å². The fraction of sp³-hybridized carbons (Fsp3) is 0.696. The molecular weight excluding hydrogens is 320 g/mol. The number of piperidine rings is 1. The molecule has 1 heterocycles. The summed E-state index contributed by atoms with van der Waals surface area (Å²) in [4.78, 5) is 15.6. The summed E-state index contributed by atoms with van der Waals surface area (Å²) >= 11 is 0. The lowest BCUT2D eigenvalue weighted by molar-refractivity contribution is 0.00192. The number of hydrogen-bond acceptors (Lipinski definition) is 2. The smallest absolute Gasteiger partial charge is 0.254 e. The molecule has 0 aliphatic carbocycles. The van der Waals surface area contributed by atoms with Gasteiger partial charge in [0.05, 0.1) is 0 Å². The first-order chi connectivity index (χ1) is 12.3. The van der Waals surface area contributed by atoms with Crippen molar-refractivity contribution in [3.8, 4) is 0 Å². The molecule has 4 atom stereocenters. The van der Waals surface area contributed by atoms with Crippen molar-refractivity contribution in [1.82, 2.24) is 10.2 Å². The van der Waals surface area contributed by atoms with Crippen molar-refractivity contribution in [3.63, 3.8) is 0 Å². The zero-order valence-corrected chi connectivity index (χ0v) is 17.6. The lowest BCUT2D eigenvalue weighted by Crippen LogP contribution is -2.69. The lowest BCUT2D eigenvalue weighted by Gasteiger charge is -2.56. The minimum Gasteiger partial charge on any atom is -0.335 e. The summed E-state index contributed by atoms with van der Waals surface area (Å²) in [5.41, 5.74) is 0.934. The van der Waals surface area contributed by atoms with Crippen LogP contribution in [-0.4, -0.2) is 34.5 Å². The van der Waals surface area contributed by atoms with E-state index in [0.29, 0.717) is 5.92 Å². The number of hydrogen-bond donors (Lipinski definition) is 1. The second-order valence-corrected chi connectivity index (χ2v) is 8.59. The Kier molecular flexibility index (Phi) is 6.90. The maximum absolute atomic E-state index is 13.4. The Morgan fingerprint density at radius 2 is 1.81 bits per heavy atom. The third-order valence-corrected chi connectivity index (χ3v) is 6.78. The Bertz CT molecular complexity index is 587. The summed E-state index contributed by atoms with van der Waals surface area (Å²) in [7, 11) is 0. The van der Waals surface area contributed by atoms with E-state index in [9.17, 15) is 4.79 Å². The maximum Gasteiger partial charge on any atom is 0.254 e. The maximum atomic E-state index is 13.4. The number of carbonyl (C=O) groups excluding carboxylic acids is 1. The first-order valence-electron chi connectivity index (χ1n) is 10.5. The summed E-state index contributed by atoms with van der Waals surface area (Å²) < 4.78 is 0. The normalized spacial score (nSPS) is 31.6. The van der Waals surface area contributed by atoms with Crippen LogP contribution >= 0.6 is 0 Å². The minimum absolute atomic E-state index is 0.0507. The molecule has 1 amide bonds. The van der Waals surface area contributed by atoms with Gasteiger partial charge in [-0.05, 0) is 57.6 Å². The molecular formula is C23H38N2O. The average molecular weight is 359 g/mol. The van der Waals surface area contributed by atoms with Gasteiger partial charge in [-0.1, -0.05) is 52.3 Å². The molecule has 1 aromatic carbocycles. The molecule has 1 N–H and O–H groups in total. The largest absolute Gasteiger partial charge is 0.335 e. The van der Waals surface area contributed by atoms with Crippen LogP contribution in [0.4, 0.5) is 0 Å². The number of benzene rings is 1. The fourth-order valence-electron chi connectivity index (χ4n) is 4.43. The van der Waals surface area contributed by atoms with Crippen molar-refractivity contribution < 1.29 is 4.79 Å². The summed E-state index contributed by atoms with van der Waals surface area (Å²) in [5.74, 6) is 0.603. The molecule has 3 nitrogen and oxygen atoms in total. The van der Waals surface area contributed by atoms with Crippen LogP contribution in [-0.2, 0) is 0 Å². The Morgan fingerprint density at radius 3 is 2.35 bits per heavy atom. The lowest BCUT2D eigenvalue weighted by atomic mass is 9.68. The second kappa shape index (κ2) is 8.56. The third kappa shape index (κ3) is 4.31. The molecule has 0 radical (unpaired) electrons. The topological polar surface area (TPSA) is 32.3 Å². The van der Waals surface area contributed by atoms with E-state index in [-0.39, 0.29) is 23.0 Å². The van der Waals surface area contributed by atoms with Crippen LogP contribution in [0.5, 0.6) is 0 Å². The summed E-state index contributed by atoms with van der Waals surface area (Å²) in [5, 5.41) is 3.94. The molecule has 26 heavy (non-hydrogen) atoms. The van der Waals surface area contributed by atoms with Crippen LogP contribution in [0, 0.1) is 5.92 Å². The van der Waals surface area contributed by atoms with E-state index in [0.717, 1.165) is 44.2 Å². The highest BCUT2D eigenvalue weighted by Gasteiger charge is 2.48. The van der Waals surface area contributed by atoms with E-state index in [1.54, 1.807) is 0 Å². The third-order valence-electron chi connectivity index (χ3n) is 6.78. The van der Waals surface area contributed by atoms with Crippen LogP contribution in [0.2, 0.25) is 0 Å². The van der Waals surface area contributed by atoms with Gasteiger partial charge in [0.15, 0.2) is 0 Å². The average Bonchev–Trinajstić information content (AvgIpc) is 2.66. The summed E-state index contributed by atoms with van der Waals surface area (Å²) in [6.45, 7) is 14.5. The van der Waals surface area contributed by atoms with Gasteiger partial charge in [-0.3, -0.25) is 4.79 Å². The first kappa shape index (κ1) is 21.0. The van der Waals surface area contributed by atoms with E-state index in [2.05, 4.69) is 51.8 Å². The summed E-state index contributed by atoms with van der Waals surface area (Å²) in [6.07, 6.45) is 5.33. The van der Waals surface area contributed by atoms with Gasteiger partial charge in [0.1, 0.15) is 0 Å². The minimum atomic E-state index is 0.0507. The molecule has 0 bridgehead atoms. The first-order valence-corrected chi connectivity index (χ1v) is 10.5. The summed E-state index contributed by atoms with van der Waals surface area (Å²) in [6, 6.07) is 10.1. The van der Waals surface area contributed by atoms with Gasteiger partial charge in [-0.2, -0.15) is 0 Å². The number of amides is 1. The van der Waals surface area contributed by atoms with Gasteiger partial charge in [0, 0.05) is 29.2 Å². The molecule has 1 aliphatic rings. The zero-order valence-electron chi connectivity index (χ0n) is 17.6. The highest BCUT2D eigenvalue weighted by Crippen LogP contribution is 2.40. The van der Waals surface area contributed by atoms with Crippen LogP contribution in [0.25, 0.3) is 0 Å². The second-order valence-electron chi connectivity index (χ2n) is 8.59. The Labute approximate surface area is 160 Å². The van der Waals surface area contributed by atoms with E-state index in [1.165, 1.54) is 0 Å². The van der Waals surface area contributed by atoms with Crippen molar-refractivity contribution in [2.75, 3.05) is 6.54 Å². The van der Waals surface area contributed by atoms with Gasteiger partial charge in [-0.25, -0.2) is 0 Å². The molecule has 1 aromatic rings. The molecule has 4 unspecified atom stereocenters. The van der Waals surface area contributed by atoms with Crippen LogP contribution in [0.3, 0.4) is 0 Å². The number of carbonyl (C=O) groups is 1. The van der Waals surface area contributed by atoms with Crippen molar-refractivity contribution in [3.05, 3.63) is 35.9 Å². The fourth-order valence-corrected chi connectivity index (χ4v) is 4.43.